The first-order valence-corrected chi connectivity index (χ1v) is 13.8. The highest BCUT2D eigenvalue weighted by Gasteiger charge is 2.05. The Hall–Kier alpha value is -1.00. The number of aliphatic hydroxyl groups excluding tert-OH is 1. The summed E-state index contributed by atoms with van der Waals surface area (Å²) in [7, 11) is -1.61. The minimum Gasteiger partial charge on any atom is -0.726 e. The van der Waals surface area contributed by atoms with Gasteiger partial charge in [-0.3, -0.25) is 8.98 Å². The van der Waals surface area contributed by atoms with Crippen LogP contribution in [0.15, 0.2) is 12.2 Å². The highest BCUT2D eigenvalue weighted by molar-refractivity contribution is 7.80. The van der Waals surface area contributed by atoms with Gasteiger partial charge in [0.05, 0.1) is 20.8 Å². The topological polar surface area (TPSA) is 117 Å². The summed E-state index contributed by atoms with van der Waals surface area (Å²) in [6.45, 7) is 4.36. The van der Waals surface area contributed by atoms with Gasteiger partial charge in [0.25, 0.3) is 0 Å². The molecule has 198 valence electrons. The summed E-state index contributed by atoms with van der Waals surface area (Å²) in [4.78, 5) is 12.8. The Bertz CT molecular complexity index is 553. The summed E-state index contributed by atoms with van der Waals surface area (Å²) < 4.78 is 36.2. The number of hydrogen-bond donors (Lipinski definition) is 2. The van der Waals surface area contributed by atoms with E-state index in [0.29, 0.717) is 19.6 Å². The van der Waals surface area contributed by atoms with E-state index in [1.54, 1.807) is 0 Å². The van der Waals surface area contributed by atoms with Crippen molar-refractivity contribution in [1.82, 2.24) is 0 Å². The number of allylic oxidation sites excluding steroid dienone is 2. The molecule has 0 aliphatic heterocycles. The van der Waals surface area contributed by atoms with Crippen molar-refractivity contribution in [3.05, 3.63) is 12.2 Å². The van der Waals surface area contributed by atoms with Gasteiger partial charge in [0.15, 0.2) is 0 Å². The van der Waals surface area contributed by atoms with Gasteiger partial charge in [-0.1, -0.05) is 70.4 Å². The van der Waals surface area contributed by atoms with Gasteiger partial charge in [-0.2, -0.15) is 0 Å². The van der Waals surface area contributed by atoms with Crippen molar-refractivity contribution >= 4 is 16.4 Å². The number of nitrogens with one attached hydrogen (secondary N) is 1. The van der Waals surface area contributed by atoms with Gasteiger partial charge < -0.3 is 19.3 Å². The summed E-state index contributed by atoms with van der Waals surface area (Å²) in [5.41, 5.74) is 0. The van der Waals surface area contributed by atoms with Crippen LogP contribution >= 0.6 is 0 Å². The Labute approximate surface area is 202 Å². The zero-order chi connectivity index (χ0) is 25.2. The van der Waals surface area contributed by atoms with Crippen LogP contribution in [-0.2, 0) is 24.1 Å². The average molecular weight is 496 g/mol. The molecule has 33 heavy (non-hydrogen) atoms. The highest BCUT2D eigenvalue weighted by atomic mass is 32.3. The first-order chi connectivity index (χ1) is 15.8. The Kier molecular flexibility index (Phi) is 26.5. The molecular weight excluding hydrogens is 446 g/mol. The molecule has 0 amide bonds. The fourth-order valence-electron chi connectivity index (χ4n) is 3.07. The standard InChI is InChI=1S/C23H45NO3.CH4O4S/c1-3-4-5-6-7-8-9-10-11-12-13-14-15-16-17-18-23(26)27-22-20-24(2)19-21-25;1-5-6(2,3)4/h10-11,25H,3-9,12-22H2,1-2H3;1H3,(H,2,3,4)/b11-10-;. The molecule has 0 radical (unpaired) electrons. The maximum atomic E-state index is 11.6. The third-order valence-corrected chi connectivity index (χ3v) is 5.59. The van der Waals surface area contributed by atoms with Crippen molar-refractivity contribution < 1.29 is 36.7 Å². The molecule has 0 fully saturated rings. The number of ether oxygens (including phenoxy) is 1. The molecule has 0 aliphatic carbocycles. The van der Waals surface area contributed by atoms with Crippen molar-refractivity contribution in [3.63, 3.8) is 0 Å². The maximum Gasteiger partial charge on any atom is 0.305 e. The number of rotatable bonds is 21. The maximum absolute atomic E-state index is 11.6. The van der Waals surface area contributed by atoms with Gasteiger partial charge in [-0.05, 0) is 32.1 Å². The van der Waals surface area contributed by atoms with Crippen molar-refractivity contribution in [3.8, 4) is 0 Å². The first-order valence-electron chi connectivity index (χ1n) is 12.5. The zero-order valence-electron chi connectivity index (χ0n) is 21.2. The van der Waals surface area contributed by atoms with Crippen LogP contribution in [0.3, 0.4) is 0 Å². The molecular formula is C24H49NO7S. The summed E-state index contributed by atoms with van der Waals surface area (Å²) in [6.07, 6.45) is 21.7. The normalized spacial score (nSPS) is 12.4. The number of aliphatic hydroxyl groups is 1. The van der Waals surface area contributed by atoms with E-state index in [1.165, 1.54) is 75.5 Å². The lowest BCUT2D eigenvalue weighted by molar-refractivity contribution is -0.880. The molecule has 0 saturated heterocycles. The van der Waals surface area contributed by atoms with Crippen LogP contribution < -0.4 is 4.90 Å². The van der Waals surface area contributed by atoms with Gasteiger partial charge >= 0.3 is 5.97 Å². The monoisotopic (exact) mass is 495 g/mol. The summed E-state index contributed by atoms with van der Waals surface area (Å²) in [6, 6.07) is 0. The third kappa shape index (κ3) is 33.3. The smallest absolute Gasteiger partial charge is 0.305 e. The second kappa shape index (κ2) is 25.6. The average Bonchev–Trinajstić information content (AvgIpc) is 2.76. The summed E-state index contributed by atoms with van der Waals surface area (Å²) in [5.74, 6) is -0.0792. The second-order valence-corrected chi connectivity index (χ2v) is 9.46. The van der Waals surface area contributed by atoms with E-state index in [2.05, 4.69) is 23.3 Å². The molecule has 0 aromatic rings. The number of esters is 1. The predicted molar refractivity (Wildman–Crippen MR) is 131 cm³/mol. The minimum atomic E-state index is -4.41. The largest absolute Gasteiger partial charge is 0.726 e. The number of unbranched alkanes of at least 4 members (excludes halogenated alkanes) is 11. The van der Waals surface area contributed by atoms with Crippen molar-refractivity contribution in [2.45, 2.75) is 96.8 Å². The van der Waals surface area contributed by atoms with E-state index in [-0.39, 0.29) is 12.6 Å². The van der Waals surface area contributed by atoms with E-state index in [9.17, 15) is 17.8 Å². The lowest BCUT2D eigenvalue weighted by Gasteiger charge is -2.12. The van der Waals surface area contributed by atoms with Gasteiger partial charge in [0.2, 0.25) is 10.4 Å². The van der Waals surface area contributed by atoms with Crippen molar-refractivity contribution in [1.29, 1.82) is 0 Å². The van der Waals surface area contributed by atoms with Crippen LogP contribution in [0.25, 0.3) is 0 Å². The number of likely N-dealkylation sites (N-methyl/N-ethyl adjacent to an activating group) is 1. The second-order valence-electron chi connectivity index (χ2n) is 8.31. The molecule has 2 N–H and O–H groups in total. The number of quaternary nitrogens is 1. The molecule has 0 aromatic heterocycles. The molecule has 0 bridgehead atoms. The number of hydrogen-bond acceptors (Lipinski definition) is 7. The first kappa shape index (κ1) is 34.2. The molecule has 8 nitrogen and oxygen atoms in total. The SMILES string of the molecule is CCCCCCCC/C=C\CCCCCCCC(=O)OCC[NH+](C)CCO.COS(=O)(=O)[O-]. The molecule has 1 atom stereocenters. The van der Waals surface area contributed by atoms with E-state index in [0.717, 1.165) is 26.5 Å². The van der Waals surface area contributed by atoms with Crippen LogP contribution in [-0.4, -0.2) is 64.5 Å². The van der Waals surface area contributed by atoms with E-state index < -0.39 is 10.4 Å². The van der Waals surface area contributed by atoms with Crippen molar-refractivity contribution in [2.24, 2.45) is 0 Å². The summed E-state index contributed by atoms with van der Waals surface area (Å²) in [5, 5.41) is 8.82. The van der Waals surface area contributed by atoms with E-state index in [4.69, 9.17) is 9.84 Å². The Morgan fingerprint density at radius 1 is 0.909 bits per heavy atom. The number of carbonyl (C=O) groups is 1. The molecule has 0 aliphatic rings. The zero-order valence-corrected chi connectivity index (χ0v) is 22.0. The molecule has 0 rings (SSSR count). The Morgan fingerprint density at radius 2 is 1.39 bits per heavy atom. The molecule has 0 aromatic carbocycles. The highest BCUT2D eigenvalue weighted by Crippen LogP contribution is 2.10. The molecule has 1 unspecified atom stereocenters. The van der Waals surface area contributed by atoms with Gasteiger partial charge in [0.1, 0.15) is 19.7 Å². The van der Waals surface area contributed by atoms with Gasteiger partial charge in [-0.25, -0.2) is 8.42 Å². The van der Waals surface area contributed by atoms with Crippen LogP contribution in [0.1, 0.15) is 96.8 Å². The Balaban J connectivity index is 0. The summed E-state index contributed by atoms with van der Waals surface area (Å²) >= 11 is 0. The fourth-order valence-corrected chi connectivity index (χ4v) is 3.07. The van der Waals surface area contributed by atoms with E-state index >= 15 is 0 Å². The van der Waals surface area contributed by atoms with Gasteiger partial charge in [-0.15, -0.1) is 0 Å². The van der Waals surface area contributed by atoms with Crippen LogP contribution in [0, 0.1) is 0 Å². The van der Waals surface area contributed by atoms with Crippen molar-refractivity contribution in [2.75, 3.05) is 40.5 Å². The molecule has 9 heteroatoms. The minimum absolute atomic E-state index is 0.0792. The van der Waals surface area contributed by atoms with Crippen LogP contribution in [0.2, 0.25) is 0 Å². The molecule has 0 spiro atoms. The van der Waals surface area contributed by atoms with Gasteiger partial charge in [0, 0.05) is 6.42 Å². The molecule has 0 saturated carbocycles. The van der Waals surface area contributed by atoms with E-state index in [1.807, 2.05) is 7.05 Å². The third-order valence-electron chi connectivity index (χ3n) is 5.18. The Morgan fingerprint density at radius 3 is 1.88 bits per heavy atom. The lowest BCUT2D eigenvalue weighted by atomic mass is 10.1. The fraction of sp³-hybridized carbons (Fsp3) is 0.875. The molecule has 0 heterocycles. The van der Waals surface area contributed by atoms with Crippen LogP contribution in [0.4, 0.5) is 0 Å². The number of carbonyl (C=O) groups excluding carboxylic acids is 1. The van der Waals surface area contributed by atoms with Crippen LogP contribution in [0.5, 0.6) is 0 Å². The predicted octanol–water partition coefficient (Wildman–Crippen LogP) is 3.17. The lowest BCUT2D eigenvalue weighted by Crippen LogP contribution is -3.10. The quantitative estimate of drug-likeness (QED) is 0.0825.